The summed E-state index contributed by atoms with van der Waals surface area (Å²) in [5.41, 5.74) is 1.20. The summed E-state index contributed by atoms with van der Waals surface area (Å²) in [6.07, 6.45) is 0.974. The standard InChI is InChI=1S/C10H14ClN.ClH/c1-12-8-7-10(11)9-5-3-2-4-6-9;/h2-6,10,12H,7-8H2,1H3;1H. The van der Waals surface area contributed by atoms with Gasteiger partial charge in [-0.25, -0.2) is 0 Å². The van der Waals surface area contributed by atoms with Crippen LogP contribution in [0.25, 0.3) is 0 Å². The first-order valence-corrected chi connectivity index (χ1v) is 4.62. The summed E-state index contributed by atoms with van der Waals surface area (Å²) in [6.45, 7) is 0.961. The van der Waals surface area contributed by atoms with Crippen molar-refractivity contribution in [2.75, 3.05) is 13.6 Å². The molecule has 1 rings (SSSR count). The van der Waals surface area contributed by atoms with E-state index >= 15 is 0 Å². The Bertz CT molecular complexity index is 213. The fourth-order valence-electron chi connectivity index (χ4n) is 1.10. The van der Waals surface area contributed by atoms with E-state index in [1.165, 1.54) is 5.56 Å². The zero-order valence-corrected chi connectivity index (χ0v) is 9.24. The molecular formula is C10H15Cl2N. The first-order chi connectivity index (χ1) is 5.84. The van der Waals surface area contributed by atoms with Crippen LogP contribution >= 0.6 is 24.0 Å². The van der Waals surface area contributed by atoms with Gasteiger partial charge in [0.1, 0.15) is 0 Å². The van der Waals surface area contributed by atoms with E-state index in [9.17, 15) is 0 Å². The van der Waals surface area contributed by atoms with Gasteiger partial charge in [-0.05, 0) is 25.6 Å². The molecular weight excluding hydrogens is 205 g/mol. The van der Waals surface area contributed by atoms with Gasteiger partial charge in [0.2, 0.25) is 0 Å². The van der Waals surface area contributed by atoms with Crippen molar-refractivity contribution in [2.24, 2.45) is 0 Å². The second kappa shape index (κ2) is 7.19. The van der Waals surface area contributed by atoms with E-state index < -0.39 is 0 Å². The van der Waals surface area contributed by atoms with Gasteiger partial charge < -0.3 is 5.32 Å². The quantitative estimate of drug-likeness (QED) is 0.769. The molecule has 0 radical (unpaired) electrons. The monoisotopic (exact) mass is 219 g/mol. The fraction of sp³-hybridized carbons (Fsp3) is 0.400. The molecule has 0 saturated heterocycles. The lowest BCUT2D eigenvalue weighted by Gasteiger charge is -2.08. The first-order valence-electron chi connectivity index (χ1n) is 4.18. The average molecular weight is 220 g/mol. The van der Waals surface area contributed by atoms with E-state index in [2.05, 4.69) is 17.4 Å². The van der Waals surface area contributed by atoms with Gasteiger partial charge in [0.15, 0.2) is 0 Å². The van der Waals surface area contributed by atoms with E-state index in [0.717, 1.165) is 13.0 Å². The van der Waals surface area contributed by atoms with Crippen molar-refractivity contribution in [3.63, 3.8) is 0 Å². The molecule has 0 fully saturated rings. The van der Waals surface area contributed by atoms with Gasteiger partial charge in [-0.2, -0.15) is 0 Å². The van der Waals surface area contributed by atoms with Crippen LogP contribution in [0.4, 0.5) is 0 Å². The van der Waals surface area contributed by atoms with Crippen molar-refractivity contribution in [1.29, 1.82) is 0 Å². The molecule has 1 unspecified atom stereocenters. The Morgan fingerprint density at radius 2 is 1.92 bits per heavy atom. The predicted octanol–water partition coefficient (Wildman–Crippen LogP) is 3.00. The van der Waals surface area contributed by atoms with Crippen LogP contribution in [-0.4, -0.2) is 13.6 Å². The maximum atomic E-state index is 6.14. The number of hydrogen-bond donors (Lipinski definition) is 1. The highest BCUT2D eigenvalue weighted by Gasteiger charge is 2.04. The summed E-state index contributed by atoms with van der Waals surface area (Å²) in [4.78, 5) is 0. The highest BCUT2D eigenvalue weighted by molar-refractivity contribution is 6.20. The zero-order chi connectivity index (χ0) is 8.81. The van der Waals surface area contributed by atoms with Crippen molar-refractivity contribution < 1.29 is 0 Å². The molecule has 1 aromatic carbocycles. The summed E-state index contributed by atoms with van der Waals surface area (Å²) in [5.74, 6) is 0. The largest absolute Gasteiger partial charge is 0.320 e. The number of hydrogen-bond acceptors (Lipinski definition) is 1. The van der Waals surface area contributed by atoms with Gasteiger partial charge >= 0.3 is 0 Å². The molecule has 13 heavy (non-hydrogen) atoms. The molecule has 1 nitrogen and oxygen atoms in total. The Balaban J connectivity index is 0.00000144. The summed E-state index contributed by atoms with van der Waals surface area (Å²) in [6, 6.07) is 10.2. The third-order valence-electron chi connectivity index (χ3n) is 1.81. The number of halogens is 2. The van der Waals surface area contributed by atoms with Crippen LogP contribution in [0, 0.1) is 0 Å². The Labute approximate surface area is 90.9 Å². The van der Waals surface area contributed by atoms with Gasteiger partial charge in [0.25, 0.3) is 0 Å². The van der Waals surface area contributed by atoms with Crippen LogP contribution < -0.4 is 5.32 Å². The summed E-state index contributed by atoms with van der Waals surface area (Å²) in [7, 11) is 1.94. The lowest BCUT2D eigenvalue weighted by atomic mass is 10.1. The van der Waals surface area contributed by atoms with E-state index in [1.807, 2.05) is 25.2 Å². The zero-order valence-electron chi connectivity index (χ0n) is 7.66. The molecule has 0 aliphatic carbocycles. The van der Waals surface area contributed by atoms with E-state index in [0.29, 0.717) is 0 Å². The highest BCUT2D eigenvalue weighted by atomic mass is 35.5. The van der Waals surface area contributed by atoms with Gasteiger partial charge in [0.05, 0.1) is 5.38 Å². The van der Waals surface area contributed by atoms with E-state index in [1.54, 1.807) is 0 Å². The summed E-state index contributed by atoms with van der Waals surface area (Å²) < 4.78 is 0. The molecule has 0 heterocycles. The minimum absolute atomic E-state index is 0. The fourth-order valence-corrected chi connectivity index (χ4v) is 1.35. The van der Waals surface area contributed by atoms with Crippen LogP contribution in [0.1, 0.15) is 17.4 Å². The summed E-state index contributed by atoms with van der Waals surface area (Å²) in [5, 5.41) is 3.22. The first kappa shape index (κ1) is 12.8. The van der Waals surface area contributed by atoms with Crippen molar-refractivity contribution in [2.45, 2.75) is 11.8 Å². The van der Waals surface area contributed by atoms with Crippen LogP contribution in [0.3, 0.4) is 0 Å². The molecule has 1 N–H and O–H groups in total. The Kier molecular flexibility index (Phi) is 7.06. The van der Waals surface area contributed by atoms with Crippen LogP contribution in [0.2, 0.25) is 0 Å². The Morgan fingerprint density at radius 3 is 2.46 bits per heavy atom. The van der Waals surface area contributed by atoms with Crippen molar-refractivity contribution >= 4 is 24.0 Å². The minimum Gasteiger partial charge on any atom is -0.320 e. The second-order valence-corrected chi connectivity index (χ2v) is 3.30. The number of alkyl halides is 1. The van der Waals surface area contributed by atoms with Gasteiger partial charge in [-0.15, -0.1) is 24.0 Å². The topological polar surface area (TPSA) is 12.0 Å². The third kappa shape index (κ3) is 4.51. The molecule has 1 aromatic rings. The van der Waals surface area contributed by atoms with E-state index in [-0.39, 0.29) is 17.8 Å². The molecule has 1 atom stereocenters. The van der Waals surface area contributed by atoms with Gasteiger partial charge in [0, 0.05) is 0 Å². The van der Waals surface area contributed by atoms with Crippen LogP contribution in [-0.2, 0) is 0 Å². The van der Waals surface area contributed by atoms with Crippen molar-refractivity contribution in [3.8, 4) is 0 Å². The normalized spacial score (nSPS) is 11.8. The van der Waals surface area contributed by atoms with Crippen LogP contribution in [0.15, 0.2) is 30.3 Å². The molecule has 0 saturated carbocycles. The minimum atomic E-state index is 0. The molecule has 0 amide bonds. The lowest BCUT2D eigenvalue weighted by Crippen LogP contribution is -2.09. The SMILES string of the molecule is CNCCC(Cl)c1ccccc1.Cl. The average Bonchev–Trinajstić information content (AvgIpc) is 2.15. The van der Waals surface area contributed by atoms with Crippen molar-refractivity contribution in [1.82, 2.24) is 5.32 Å². The molecule has 0 spiro atoms. The summed E-state index contributed by atoms with van der Waals surface area (Å²) >= 11 is 6.14. The number of benzene rings is 1. The third-order valence-corrected chi connectivity index (χ3v) is 2.28. The predicted molar refractivity (Wildman–Crippen MR) is 60.8 cm³/mol. The number of rotatable bonds is 4. The Hall–Kier alpha value is -0.240. The highest BCUT2D eigenvalue weighted by Crippen LogP contribution is 2.22. The van der Waals surface area contributed by atoms with Crippen molar-refractivity contribution in [3.05, 3.63) is 35.9 Å². The molecule has 0 bridgehead atoms. The molecule has 0 aromatic heterocycles. The van der Waals surface area contributed by atoms with Gasteiger partial charge in [-0.1, -0.05) is 30.3 Å². The smallest absolute Gasteiger partial charge is 0.0597 e. The molecule has 0 aliphatic rings. The second-order valence-electron chi connectivity index (χ2n) is 2.77. The molecule has 74 valence electrons. The maximum absolute atomic E-state index is 6.14. The maximum Gasteiger partial charge on any atom is 0.0597 e. The lowest BCUT2D eigenvalue weighted by molar-refractivity contribution is 0.710. The van der Waals surface area contributed by atoms with E-state index in [4.69, 9.17) is 11.6 Å². The van der Waals surface area contributed by atoms with Gasteiger partial charge in [-0.3, -0.25) is 0 Å². The Morgan fingerprint density at radius 1 is 1.31 bits per heavy atom. The molecule has 0 aliphatic heterocycles. The molecule has 3 heteroatoms. The van der Waals surface area contributed by atoms with Crippen LogP contribution in [0.5, 0.6) is 0 Å². The number of nitrogens with one attached hydrogen (secondary N) is 1.